The van der Waals surface area contributed by atoms with Gasteiger partial charge in [0, 0.05) is 10.3 Å². The molecule has 1 aromatic carbocycles. The lowest BCUT2D eigenvalue weighted by molar-refractivity contribution is 0.604. The van der Waals surface area contributed by atoms with E-state index in [0.29, 0.717) is 0 Å². The molecule has 1 atom stereocenters. The van der Waals surface area contributed by atoms with Gasteiger partial charge in [-0.15, -0.1) is 22.7 Å². The third-order valence-corrected chi connectivity index (χ3v) is 5.91. The highest BCUT2D eigenvalue weighted by molar-refractivity contribution is 7.20. The number of benzene rings is 1. The van der Waals surface area contributed by atoms with Gasteiger partial charge in [-0.2, -0.15) is 0 Å². The van der Waals surface area contributed by atoms with E-state index in [1.165, 1.54) is 27.0 Å². The molecule has 1 nitrogen and oxygen atoms in total. The van der Waals surface area contributed by atoms with E-state index in [0.717, 1.165) is 27.2 Å². The Labute approximate surface area is 142 Å². The average molecular weight is 356 g/mol. The van der Waals surface area contributed by atoms with E-state index < -0.39 is 0 Å². The van der Waals surface area contributed by atoms with E-state index in [1.54, 1.807) is 11.3 Å². The maximum Gasteiger partial charge on any atom is 0.0995 e. The van der Waals surface area contributed by atoms with Gasteiger partial charge in [0.05, 0.1) is 14.7 Å². The Morgan fingerprint density at radius 2 is 2.00 bits per heavy atom. The summed E-state index contributed by atoms with van der Waals surface area (Å²) in [6.07, 6.45) is 1.08. The normalized spacial score (nSPS) is 12.9. The van der Waals surface area contributed by atoms with Crippen LogP contribution in [-0.4, -0.2) is 6.54 Å². The van der Waals surface area contributed by atoms with Gasteiger partial charge >= 0.3 is 0 Å². The molecule has 3 rings (SSSR count). The molecule has 1 unspecified atom stereocenters. The fraction of sp³-hybridized carbons (Fsp3) is 0.250. The van der Waals surface area contributed by atoms with E-state index in [-0.39, 0.29) is 6.04 Å². The maximum absolute atomic E-state index is 6.38. The quantitative estimate of drug-likeness (QED) is 0.561. The van der Waals surface area contributed by atoms with E-state index in [9.17, 15) is 0 Å². The highest BCUT2D eigenvalue weighted by Gasteiger charge is 2.21. The van der Waals surface area contributed by atoms with Crippen molar-refractivity contribution in [3.63, 3.8) is 0 Å². The lowest BCUT2D eigenvalue weighted by atomic mass is 10.0. The summed E-state index contributed by atoms with van der Waals surface area (Å²) in [5.74, 6) is 0. The van der Waals surface area contributed by atoms with Crippen LogP contribution in [0.5, 0.6) is 0 Å². The second kappa shape index (κ2) is 6.67. The fourth-order valence-corrected chi connectivity index (χ4v) is 4.97. The van der Waals surface area contributed by atoms with Gasteiger partial charge in [0.1, 0.15) is 0 Å². The molecule has 0 aliphatic carbocycles. The summed E-state index contributed by atoms with van der Waals surface area (Å²) in [5, 5.41) is 7.11. The van der Waals surface area contributed by atoms with Gasteiger partial charge < -0.3 is 5.32 Å². The largest absolute Gasteiger partial charge is 0.306 e. The third-order valence-electron chi connectivity index (χ3n) is 3.41. The maximum atomic E-state index is 6.38. The van der Waals surface area contributed by atoms with Gasteiger partial charge in [-0.3, -0.25) is 0 Å². The molecule has 1 N–H and O–H groups in total. The number of hydrogen-bond acceptors (Lipinski definition) is 3. The van der Waals surface area contributed by atoms with Crippen LogP contribution in [0.2, 0.25) is 8.67 Å². The SMILES string of the molecule is CCCNC(c1cc(Cl)sc1Cl)c1csc2ccccc12. The highest BCUT2D eigenvalue weighted by Crippen LogP contribution is 2.40. The minimum Gasteiger partial charge on any atom is -0.306 e. The van der Waals surface area contributed by atoms with Crippen LogP contribution in [0, 0.1) is 0 Å². The van der Waals surface area contributed by atoms with Crippen LogP contribution in [0.3, 0.4) is 0 Å². The van der Waals surface area contributed by atoms with Crippen molar-refractivity contribution in [3.8, 4) is 0 Å². The van der Waals surface area contributed by atoms with Crippen LogP contribution < -0.4 is 5.32 Å². The molecule has 3 aromatic rings. The van der Waals surface area contributed by atoms with Crippen molar-refractivity contribution in [1.82, 2.24) is 5.32 Å². The minimum atomic E-state index is 0.0948. The topological polar surface area (TPSA) is 12.0 Å². The molecule has 21 heavy (non-hydrogen) atoms. The summed E-state index contributed by atoms with van der Waals surface area (Å²) in [6.45, 7) is 3.11. The zero-order chi connectivity index (χ0) is 14.8. The number of hydrogen-bond donors (Lipinski definition) is 1. The zero-order valence-electron chi connectivity index (χ0n) is 11.5. The summed E-state index contributed by atoms with van der Waals surface area (Å²) < 4.78 is 2.80. The molecule has 0 bridgehead atoms. The minimum absolute atomic E-state index is 0.0948. The summed E-state index contributed by atoms with van der Waals surface area (Å²) in [6, 6.07) is 10.6. The molecule has 0 aliphatic rings. The molecule has 2 aromatic heterocycles. The van der Waals surface area contributed by atoms with Crippen LogP contribution in [0.15, 0.2) is 35.7 Å². The molecule has 5 heteroatoms. The van der Waals surface area contributed by atoms with Gasteiger partial charge in [-0.05, 0) is 41.4 Å². The summed E-state index contributed by atoms with van der Waals surface area (Å²) >= 11 is 15.7. The molecule has 0 aliphatic heterocycles. The monoisotopic (exact) mass is 355 g/mol. The number of nitrogens with one attached hydrogen (secondary N) is 1. The standard InChI is InChI=1S/C16H15Cl2NS2/c1-2-7-19-15(11-8-14(17)21-16(11)18)12-9-20-13-6-4-3-5-10(12)13/h3-6,8-9,15,19H,2,7H2,1H3. The Bertz CT molecular complexity index is 748. The first-order valence-corrected chi connectivity index (χ1v) is 9.30. The lowest BCUT2D eigenvalue weighted by Gasteiger charge is -2.18. The molecule has 0 spiro atoms. The Morgan fingerprint density at radius 1 is 1.19 bits per heavy atom. The summed E-state index contributed by atoms with van der Waals surface area (Å²) in [7, 11) is 0. The zero-order valence-corrected chi connectivity index (χ0v) is 14.7. The molecule has 0 radical (unpaired) electrons. The van der Waals surface area contributed by atoms with Gasteiger partial charge in [0.2, 0.25) is 0 Å². The van der Waals surface area contributed by atoms with Gasteiger partial charge in [0.25, 0.3) is 0 Å². The van der Waals surface area contributed by atoms with E-state index in [1.807, 2.05) is 6.07 Å². The Kier molecular flexibility index (Phi) is 4.87. The number of fused-ring (bicyclic) bond motifs is 1. The van der Waals surface area contributed by atoms with Crippen LogP contribution in [-0.2, 0) is 0 Å². The first-order valence-electron chi connectivity index (χ1n) is 6.85. The number of halogens is 2. The van der Waals surface area contributed by atoms with Crippen molar-refractivity contribution >= 4 is 56.0 Å². The number of thiophene rings is 2. The van der Waals surface area contributed by atoms with Crippen molar-refractivity contribution in [2.75, 3.05) is 6.54 Å². The van der Waals surface area contributed by atoms with Gasteiger partial charge in [-0.1, -0.05) is 48.3 Å². The molecular formula is C16H15Cl2NS2. The van der Waals surface area contributed by atoms with E-state index in [4.69, 9.17) is 23.2 Å². The van der Waals surface area contributed by atoms with Crippen molar-refractivity contribution in [2.45, 2.75) is 19.4 Å². The Hall–Kier alpha value is -0.580. The second-order valence-electron chi connectivity index (χ2n) is 4.85. The van der Waals surface area contributed by atoms with Crippen LogP contribution in [0.1, 0.15) is 30.5 Å². The van der Waals surface area contributed by atoms with Crippen LogP contribution in [0.25, 0.3) is 10.1 Å². The second-order valence-corrected chi connectivity index (χ2v) is 8.05. The van der Waals surface area contributed by atoms with Crippen molar-refractivity contribution in [2.24, 2.45) is 0 Å². The lowest BCUT2D eigenvalue weighted by Crippen LogP contribution is -2.22. The smallest absolute Gasteiger partial charge is 0.0995 e. The predicted octanol–water partition coefficient (Wildman–Crippen LogP) is 6.36. The van der Waals surface area contributed by atoms with Crippen molar-refractivity contribution in [1.29, 1.82) is 0 Å². The molecule has 0 saturated heterocycles. The predicted molar refractivity (Wildman–Crippen MR) is 96.3 cm³/mol. The van der Waals surface area contributed by atoms with Crippen LogP contribution >= 0.6 is 45.9 Å². The van der Waals surface area contributed by atoms with E-state index in [2.05, 4.69) is 41.9 Å². The van der Waals surface area contributed by atoms with Crippen LogP contribution in [0.4, 0.5) is 0 Å². The van der Waals surface area contributed by atoms with Crippen molar-refractivity contribution in [3.05, 3.63) is 55.5 Å². The average Bonchev–Trinajstić information content (AvgIpc) is 3.04. The number of rotatable bonds is 5. The fourth-order valence-electron chi connectivity index (χ4n) is 2.45. The summed E-state index contributed by atoms with van der Waals surface area (Å²) in [4.78, 5) is 0. The molecule has 0 fully saturated rings. The van der Waals surface area contributed by atoms with E-state index >= 15 is 0 Å². The molecular weight excluding hydrogens is 341 g/mol. The van der Waals surface area contributed by atoms with Crippen molar-refractivity contribution < 1.29 is 0 Å². The molecule has 2 heterocycles. The highest BCUT2D eigenvalue weighted by atomic mass is 35.5. The molecule has 0 saturated carbocycles. The van der Waals surface area contributed by atoms with Gasteiger partial charge in [-0.25, -0.2) is 0 Å². The third kappa shape index (κ3) is 3.13. The first-order chi connectivity index (χ1) is 10.2. The Balaban J connectivity index is 2.09. The van der Waals surface area contributed by atoms with Gasteiger partial charge in [0.15, 0.2) is 0 Å². The molecule has 0 amide bonds. The first kappa shape index (κ1) is 15.3. The Morgan fingerprint density at radius 3 is 2.71 bits per heavy atom. The molecule has 110 valence electrons. The summed E-state index contributed by atoms with van der Waals surface area (Å²) in [5.41, 5.74) is 2.35.